The third kappa shape index (κ3) is 3.55. The number of rotatable bonds is 5. The molecule has 1 aromatic heterocycles. The molecule has 0 saturated heterocycles. The molecule has 3 nitrogen and oxygen atoms in total. The summed E-state index contributed by atoms with van der Waals surface area (Å²) in [5.74, 6) is 0.801. The fraction of sp³-hybridized carbons (Fsp3) is 0.444. The molecule has 1 rings (SSSR count). The fourth-order valence-electron chi connectivity index (χ4n) is 0.883. The van der Waals surface area contributed by atoms with Crippen molar-refractivity contribution in [3.05, 3.63) is 18.5 Å². The van der Waals surface area contributed by atoms with Crippen LogP contribution in [0.4, 0.5) is 8.78 Å². The predicted octanol–water partition coefficient (Wildman–Crippen LogP) is 2.12. The van der Waals surface area contributed by atoms with Crippen LogP contribution in [-0.2, 0) is 0 Å². The summed E-state index contributed by atoms with van der Waals surface area (Å²) in [5, 5.41) is 0. The predicted molar refractivity (Wildman–Crippen MR) is 46.9 cm³/mol. The Bertz CT molecular complexity index is 281. The minimum absolute atomic E-state index is 0.288. The van der Waals surface area contributed by atoms with Crippen molar-refractivity contribution in [2.45, 2.75) is 13.3 Å². The van der Waals surface area contributed by atoms with Crippen molar-refractivity contribution >= 4 is 0 Å². The molecule has 0 aliphatic rings. The van der Waals surface area contributed by atoms with Gasteiger partial charge in [-0.15, -0.1) is 0 Å². The van der Waals surface area contributed by atoms with Gasteiger partial charge in [0.25, 0.3) is 6.43 Å². The van der Waals surface area contributed by atoms with E-state index in [4.69, 9.17) is 9.47 Å². The number of alkyl halides is 2. The molecule has 0 radical (unpaired) electrons. The lowest BCUT2D eigenvalue weighted by atomic mass is 10.4. The van der Waals surface area contributed by atoms with E-state index < -0.39 is 13.0 Å². The van der Waals surface area contributed by atoms with E-state index in [9.17, 15) is 8.78 Å². The Morgan fingerprint density at radius 2 is 1.93 bits per heavy atom. The van der Waals surface area contributed by atoms with Crippen molar-refractivity contribution in [2.75, 3.05) is 13.2 Å². The molecule has 0 atom stereocenters. The van der Waals surface area contributed by atoms with Crippen molar-refractivity contribution in [3.63, 3.8) is 0 Å². The van der Waals surface area contributed by atoms with Gasteiger partial charge in [-0.3, -0.25) is 4.98 Å². The third-order valence-corrected chi connectivity index (χ3v) is 1.38. The summed E-state index contributed by atoms with van der Waals surface area (Å²) in [4.78, 5) is 3.79. The zero-order chi connectivity index (χ0) is 10.4. The summed E-state index contributed by atoms with van der Waals surface area (Å²) in [6.07, 6.45) is 0.384. The van der Waals surface area contributed by atoms with E-state index in [1.54, 1.807) is 0 Å². The van der Waals surface area contributed by atoms with Gasteiger partial charge in [0.1, 0.15) is 18.1 Å². The number of ether oxygens (including phenoxy) is 2. The normalized spacial score (nSPS) is 10.3. The third-order valence-electron chi connectivity index (χ3n) is 1.38. The number of pyridine rings is 1. The average Bonchev–Trinajstić information content (AvgIpc) is 2.16. The van der Waals surface area contributed by atoms with E-state index in [1.807, 2.05) is 6.92 Å². The highest BCUT2D eigenvalue weighted by Gasteiger charge is 2.04. The first kappa shape index (κ1) is 10.7. The van der Waals surface area contributed by atoms with Gasteiger partial charge in [-0.05, 0) is 6.92 Å². The quantitative estimate of drug-likeness (QED) is 0.734. The van der Waals surface area contributed by atoms with E-state index >= 15 is 0 Å². The van der Waals surface area contributed by atoms with E-state index in [0.717, 1.165) is 0 Å². The SMILES string of the molecule is CCOc1cncc(OCC(F)F)c1. The molecule has 1 aromatic rings. The Hall–Kier alpha value is -1.39. The summed E-state index contributed by atoms with van der Waals surface area (Å²) in [6, 6.07) is 1.53. The van der Waals surface area contributed by atoms with Gasteiger partial charge in [0.05, 0.1) is 19.0 Å². The summed E-state index contributed by atoms with van der Waals surface area (Å²) >= 11 is 0. The van der Waals surface area contributed by atoms with Crippen LogP contribution < -0.4 is 9.47 Å². The molecule has 0 spiro atoms. The number of hydrogen-bond donors (Lipinski definition) is 0. The largest absolute Gasteiger partial charge is 0.492 e. The van der Waals surface area contributed by atoms with Gasteiger partial charge in [-0.2, -0.15) is 0 Å². The van der Waals surface area contributed by atoms with Crippen molar-refractivity contribution < 1.29 is 18.3 Å². The molecule has 0 bridgehead atoms. The zero-order valence-corrected chi connectivity index (χ0v) is 7.74. The van der Waals surface area contributed by atoms with Crippen LogP contribution in [0.2, 0.25) is 0 Å². The Labute approximate surface area is 80.7 Å². The second kappa shape index (κ2) is 5.36. The Morgan fingerprint density at radius 3 is 2.50 bits per heavy atom. The van der Waals surface area contributed by atoms with Gasteiger partial charge in [-0.25, -0.2) is 8.78 Å². The van der Waals surface area contributed by atoms with E-state index in [0.29, 0.717) is 12.4 Å². The second-order valence-electron chi connectivity index (χ2n) is 2.49. The number of halogens is 2. The van der Waals surface area contributed by atoms with Gasteiger partial charge < -0.3 is 9.47 Å². The maximum Gasteiger partial charge on any atom is 0.272 e. The molecule has 0 aliphatic heterocycles. The first-order chi connectivity index (χ1) is 6.72. The number of nitrogens with zero attached hydrogens (tertiary/aromatic N) is 1. The van der Waals surface area contributed by atoms with Gasteiger partial charge in [0.15, 0.2) is 0 Å². The maximum atomic E-state index is 11.8. The van der Waals surface area contributed by atoms with Crippen LogP contribution in [0.3, 0.4) is 0 Å². The molecule has 0 amide bonds. The molecule has 14 heavy (non-hydrogen) atoms. The molecular formula is C9H11F2NO2. The van der Waals surface area contributed by atoms with Gasteiger partial charge in [-0.1, -0.05) is 0 Å². The molecule has 0 fully saturated rings. The molecule has 78 valence electrons. The van der Waals surface area contributed by atoms with Crippen LogP contribution in [0.5, 0.6) is 11.5 Å². The average molecular weight is 203 g/mol. The van der Waals surface area contributed by atoms with Crippen molar-refractivity contribution in [1.29, 1.82) is 0 Å². The molecule has 0 aliphatic carbocycles. The maximum absolute atomic E-state index is 11.8. The first-order valence-corrected chi connectivity index (χ1v) is 4.21. The molecular weight excluding hydrogens is 192 g/mol. The van der Waals surface area contributed by atoms with Crippen LogP contribution in [0.1, 0.15) is 6.92 Å². The van der Waals surface area contributed by atoms with Crippen LogP contribution >= 0.6 is 0 Å². The first-order valence-electron chi connectivity index (χ1n) is 4.21. The minimum atomic E-state index is -2.48. The summed E-state index contributed by atoms with van der Waals surface area (Å²) in [6.45, 7) is 1.70. The molecule has 5 heteroatoms. The summed E-state index contributed by atoms with van der Waals surface area (Å²) in [5.41, 5.74) is 0. The minimum Gasteiger partial charge on any atom is -0.492 e. The molecule has 0 aromatic carbocycles. The van der Waals surface area contributed by atoms with Crippen LogP contribution in [0, 0.1) is 0 Å². The Kier molecular flexibility index (Phi) is 4.10. The molecule has 1 heterocycles. The number of aromatic nitrogens is 1. The zero-order valence-electron chi connectivity index (χ0n) is 7.74. The monoisotopic (exact) mass is 203 g/mol. The topological polar surface area (TPSA) is 31.4 Å². The smallest absolute Gasteiger partial charge is 0.272 e. The van der Waals surface area contributed by atoms with Gasteiger partial charge >= 0.3 is 0 Å². The van der Waals surface area contributed by atoms with Gasteiger partial charge in [0.2, 0.25) is 0 Å². The molecule has 0 saturated carbocycles. The van der Waals surface area contributed by atoms with E-state index in [-0.39, 0.29) is 5.75 Å². The Morgan fingerprint density at radius 1 is 1.29 bits per heavy atom. The van der Waals surface area contributed by atoms with Crippen molar-refractivity contribution in [2.24, 2.45) is 0 Å². The summed E-state index contributed by atoms with van der Waals surface area (Å²) in [7, 11) is 0. The van der Waals surface area contributed by atoms with E-state index in [1.165, 1.54) is 18.5 Å². The lowest BCUT2D eigenvalue weighted by Gasteiger charge is -2.06. The molecule has 0 N–H and O–H groups in total. The number of hydrogen-bond acceptors (Lipinski definition) is 3. The van der Waals surface area contributed by atoms with Crippen LogP contribution in [-0.4, -0.2) is 24.6 Å². The van der Waals surface area contributed by atoms with E-state index in [2.05, 4.69) is 4.98 Å². The van der Waals surface area contributed by atoms with Gasteiger partial charge in [0, 0.05) is 6.07 Å². The second-order valence-corrected chi connectivity index (χ2v) is 2.49. The van der Waals surface area contributed by atoms with Crippen molar-refractivity contribution in [3.8, 4) is 11.5 Å². The fourth-order valence-corrected chi connectivity index (χ4v) is 0.883. The lowest BCUT2D eigenvalue weighted by molar-refractivity contribution is 0.0815. The standard InChI is InChI=1S/C9H11F2NO2/c1-2-13-7-3-8(5-12-4-7)14-6-9(10)11/h3-5,9H,2,6H2,1H3. The Balaban J connectivity index is 2.54. The van der Waals surface area contributed by atoms with Crippen LogP contribution in [0.25, 0.3) is 0 Å². The summed E-state index contributed by atoms with van der Waals surface area (Å²) < 4.78 is 33.5. The lowest BCUT2D eigenvalue weighted by Crippen LogP contribution is -2.07. The highest BCUT2D eigenvalue weighted by Crippen LogP contribution is 2.17. The molecule has 0 unspecified atom stereocenters. The van der Waals surface area contributed by atoms with Crippen LogP contribution in [0.15, 0.2) is 18.5 Å². The van der Waals surface area contributed by atoms with Crippen molar-refractivity contribution in [1.82, 2.24) is 4.98 Å². The highest BCUT2D eigenvalue weighted by atomic mass is 19.3. The highest BCUT2D eigenvalue weighted by molar-refractivity contribution is 5.28.